The van der Waals surface area contributed by atoms with Gasteiger partial charge in [-0.3, -0.25) is 0 Å². The second-order valence-electron chi connectivity index (χ2n) is 5.20. The van der Waals surface area contributed by atoms with Gasteiger partial charge in [0.1, 0.15) is 24.0 Å². The van der Waals surface area contributed by atoms with E-state index in [-0.39, 0.29) is 6.61 Å². The monoisotopic (exact) mass is 291 g/mol. The molecule has 2 nitrogen and oxygen atoms in total. The van der Waals surface area contributed by atoms with Crippen LogP contribution in [0.2, 0.25) is 0 Å². The van der Waals surface area contributed by atoms with Crippen LogP contribution in [0.25, 0.3) is 0 Å². The van der Waals surface area contributed by atoms with Crippen LogP contribution in [-0.4, -0.2) is 6.04 Å². The molecule has 0 fully saturated rings. The van der Waals surface area contributed by atoms with Crippen LogP contribution < -0.4 is 10.1 Å². The van der Waals surface area contributed by atoms with Gasteiger partial charge >= 0.3 is 0 Å². The van der Waals surface area contributed by atoms with Crippen molar-refractivity contribution < 1.29 is 13.5 Å². The minimum Gasteiger partial charge on any atom is -0.489 e. The molecule has 1 N–H and O–H groups in total. The molecule has 2 aromatic carbocycles. The molecular weight excluding hydrogens is 272 g/mol. The Hall–Kier alpha value is -1.94. The highest BCUT2D eigenvalue weighted by Gasteiger charge is 2.05. The maximum absolute atomic E-state index is 13.5. The van der Waals surface area contributed by atoms with E-state index >= 15 is 0 Å². The number of rotatable bonds is 6. The molecule has 0 aliphatic rings. The molecule has 0 saturated carbocycles. The Balaban J connectivity index is 1.91. The van der Waals surface area contributed by atoms with Crippen molar-refractivity contribution >= 4 is 0 Å². The minimum atomic E-state index is -0.590. The summed E-state index contributed by atoms with van der Waals surface area (Å²) in [4.78, 5) is 0. The summed E-state index contributed by atoms with van der Waals surface area (Å²) in [5, 5.41) is 3.33. The van der Waals surface area contributed by atoms with Crippen molar-refractivity contribution in [2.75, 3.05) is 0 Å². The molecule has 0 amide bonds. The van der Waals surface area contributed by atoms with Crippen LogP contribution in [-0.2, 0) is 13.2 Å². The molecule has 0 unspecified atom stereocenters. The molecule has 0 aromatic heterocycles. The lowest BCUT2D eigenvalue weighted by atomic mass is 10.2. The van der Waals surface area contributed by atoms with Gasteiger partial charge in [-0.15, -0.1) is 0 Å². The molecule has 0 bridgehead atoms. The number of halogens is 2. The second-order valence-corrected chi connectivity index (χ2v) is 5.20. The fourth-order valence-corrected chi connectivity index (χ4v) is 1.83. The van der Waals surface area contributed by atoms with Crippen LogP contribution in [0.15, 0.2) is 42.5 Å². The van der Waals surface area contributed by atoms with Crippen molar-refractivity contribution in [2.24, 2.45) is 0 Å². The summed E-state index contributed by atoms with van der Waals surface area (Å²) >= 11 is 0. The Labute approximate surface area is 123 Å². The predicted molar refractivity (Wildman–Crippen MR) is 79.1 cm³/mol. The molecule has 2 rings (SSSR count). The Kier molecular flexibility index (Phi) is 5.28. The van der Waals surface area contributed by atoms with E-state index in [1.165, 1.54) is 12.1 Å². The average molecular weight is 291 g/mol. The molecular formula is C17H19F2NO. The maximum Gasteiger partial charge on any atom is 0.132 e. The zero-order valence-electron chi connectivity index (χ0n) is 12.2. The number of hydrogen-bond donors (Lipinski definition) is 1. The van der Waals surface area contributed by atoms with Crippen LogP contribution in [0, 0.1) is 11.6 Å². The molecule has 0 radical (unpaired) electrons. The Morgan fingerprint density at radius 1 is 1.05 bits per heavy atom. The lowest BCUT2D eigenvalue weighted by Crippen LogP contribution is -2.21. The second kappa shape index (κ2) is 7.18. The third-order valence-electron chi connectivity index (χ3n) is 3.05. The van der Waals surface area contributed by atoms with Crippen LogP contribution in [0.1, 0.15) is 25.0 Å². The van der Waals surface area contributed by atoms with E-state index in [1.807, 2.05) is 24.3 Å². The van der Waals surface area contributed by atoms with Crippen molar-refractivity contribution in [3.05, 3.63) is 65.2 Å². The van der Waals surface area contributed by atoms with Gasteiger partial charge in [-0.2, -0.15) is 0 Å². The lowest BCUT2D eigenvalue weighted by molar-refractivity contribution is 0.299. The molecule has 0 aliphatic carbocycles. The van der Waals surface area contributed by atoms with Gasteiger partial charge in [0.15, 0.2) is 0 Å². The molecule has 2 aromatic rings. The average Bonchev–Trinajstić information content (AvgIpc) is 2.45. The van der Waals surface area contributed by atoms with E-state index in [2.05, 4.69) is 19.2 Å². The largest absolute Gasteiger partial charge is 0.489 e. The fourth-order valence-electron chi connectivity index (χ4n) is 1.83. The molecule has 0 atom stereocenters. The highest BCUT2D eigenvalue weighted by molar-refractivity contribution is 5.28. The first-order valence-electron chi connectivity index (χ1n) is 6.93. The minimum absolute atomic E-state index is 0.0791. The molecule has 0 aliphatic heterocycles. The Morgan fingerprint density at radius 2 is 1.76 bits per heavy atom. The van der Waals surface area contributed by atoms with Crippen molar-refractivity contribution in [1.82, 2.24) is 5.32 Å². The zero-order chi connectivity index (χ0) is 15.2. The van der Waals surface area contributed by atoms with Gasteiger partial charge < -0.3 is 10.1 Å². The van der Waals surface area contributed by atoms with E-state index in [0.29, 0.717) is 17.4 Å². The summed E-state index contributed by atoms with van der Waals surface area (Å²) in [6.07, 6.45) is 0. The van der Waals surface area contributed by atoms with E-state index in [0.717, 1.165) is 18.2 Å². The van der Waals surface area contributed by atoms with Gasteiger partial charge in [-0.25, -0.2) is 8.78 Å². The first-order valence-corrected chi connectivity index (χ1v) is 6.93. The van der Waals surface area contributed by atoms with Crippen molar-refractivity contribution in [3.63, 3.8) is 0 Å². The standard InChI is InChI=1S/C17H19F2NO/c1-12(2)20-10-13-3-7-16(8-4-13)21-11-14-5-6-15(18)9-17(14)19/h3-9,12,20H,10-11H2,1-2H3. The van der Waals surface area contributed by atoms with Crippen LogP contribution in [0.4, 0.5) is 8.78 Å². The summed E-state index contributed by atoms with van der Waals surface area (Å²) < 4.78 is 31.8. The first kappa shape index (κ1) is 15.4. The predicted octanol–water partition coefficient (Wildman–Crippen LogP) is 4.04. The van der Waals surface area contributed by atoms with E-state index < -0.39 is 11.6 Å². The highest BCUT2D eigenvalue weighted by atomic mass is 19.1. The van der Waals surface area contributed by atoms with E-state index in [9.17, 15) is 8.78 Å². The van der Waals surface area contributed by atoms with Crippen LogP contribution in [0.3, 0.4) is 0 Å². The van der Waals surface area contributed by atoms with Gasteiger partial charge in [-0.05, 0) is 29.8 Å². The number of benzene rings is 2. The smallest absolute Gasteiger partial charge is 0.132 e. The normalized spacial score (nSPS) is 10.9. The van der Waals surface area contributed by atoms with Gasteiger partial charge in [0, 0.05) is 24.2 Å². The molecule has 112 valence electrons. The summed E-state index contributed by atoms with van der Waals surface area (Å²) in [7, 11) is 0. The third kappa shape index (κ3) is 4.83. The summed E-state index contributed by atoms with van der Waals surface area (Å²) in [6.45, 7) is 5.06. The van der Waals surface area contributed by atoms with E-state index in [4.69, 9.17) is 4.74 Å². The molecule has 4 heteroatoms. The maximum atomic E-state index is 13.5. The third-order valence-corrected chi connectivity index (χ3v) is 3.05. The van der Waals surface area contributed by atoms with Gasteiger partial charge in [0.05, 0.1) is 0 Å². The zero-order valence-corrected chi connectivity index (χ0v) is 12.2. The quantitative estimate of drug-likeness (QED) is 0.867. The summed E-state index contributed by atoms with van der Waals surface area (Å²) in [5.41, 5.74) is 1.49. The molecule has 0 heterocycles. The summed E-state index contributed by atoms with van der Waals surface area (Å²) in [5.74, 6) is -0.516. The van der Waals surface area contributed by atoms with Gasteiger partial charge in [0.2, 0.25) is 0 Å². The lowest BCUT2D eigenvalue weighted by Gasteiger charge is -2.10. The number of hydrogen-bond acceptors (Lipinski definition) is 2. The number of ether oxygens (including phenoxy) is 1. The Morgan fingerprint density at radius 3 is 2.38 bits per heavy atom. The summed E-state index contributed by atoms with van der Waals surface area (Å²) in [6, 6.07) is 11.5. The van der Waals surface area contributed by atoms with Gasteiger partial charge in [-0.1, -0.05) is 26.0 Å². The highest BCUT2D eigenvalue weighted by Crippen LogP contribution is 2.16. The van der Waals surface area contributed by atoms with E-state index in [1.54, 1.807) is 0 Å². The van der Waals surface area contributed by atoms with Crippen molar-refractivity contribution in [1.29, 1.82) is 0 Å². The van der Waals surface area contributed by atoms with Crippen molar-refractivity contribution in [2.45, 2.75) is 33.0 Å². The van der Waals surface area contributed by atoms with Gasteiger partial charge in [0.25, 0.3) is 0 Å². The Bertz CT molecular complexity index is 582. The molecule has 21 heavy (non-hydrogen) atoms. The first-order chi connectivity index (χ1) is 10.0. The number of nitrogens with one attached hydrogen (secondary N) is 1. The van der Waals surface area contributed by atoms with Crippen LogP contribution >= 0.6 is 0 Å². The van der Waals surface area contributed by atoms with Crippen LogP contribution in [0.5, 0.6) is 5.75 Å². The molecule has 0 saturated heterocycles. The van der Waals surface area contributed by atoms with Crippen molar-refractivity contribution in [3.8, 4) is 5.75 Å². The topological polar surface area (TPSA) is 21.3 Å². The molecule has 0 spiro atoms. The SMILES string of the molecule is CC(C)NCc1ccc(OCc2ccc(F)cc2F)cc1. The fraction of sp³-hybridized carbons (Fsp3) is 0.294.